The minimum absolute atomic E-state index is 0.177. The highest BCUT2D eigenvalue weighted by Gasteiger charge is 2.41. The van der Waals surface area contributed by atoms with Gasteiger partial charge in [-0.3, -0.25) is 9.80 Å². The molecular weight excluding hydrogens is 1140 g/mol. The number of methoxy groups -OCH3 is 2. The standard InChI is InChI=1S/2C31H31Cl2NO7/c2*1-31(2,3)41-30(36)34-15-21-14-27-26(13-20(21)12-25(34)29(35)37-4)39-17-28(40-27)19-6-8-22(9-7-19)38-16-18-5-10-23(32)24(33)11-18/h2*5-11,13-14,25,28H,12,15-17H2,1-4H3/t25-,28+;25-,28-/m00/s1. The van der Waals surface area contributed by atoms with Crippen LogP contribution in [0.25, 0.3) is 0 Å². The molecule has 0 aromatic heterocycles. The highest BCUT2D eigenvalue weighted by molar-refractivity contribution is 6.42. The van der Waals surface area contributed by atoms with Crippen LogP contribution < -0.4 is 28.4 Å². The largest absolute Gasteiger partial charge is 0.489 e. The summed E-state index contributed by atoms with van der Waals surface area (Å²) in [5, 5.41) is 1.98. The molecule has 10 rings (SSSR count). The first-order valence-corrected chi connectivity index (χ1v) is 27.9. The topological polar surface area (TPSA) is 167 Å². The van der Waals surface area contributed by atoms with E-state index in [1.165, 1.54) is 24.0 Å². The number of carbonyl (C=O) groups is 4. The van der Waals surface area contributed by atoms with E-state index in [2.05, 4.69) is 0 Å². The maximum atomic E-state index is 13.0. The Morgan fingerprint density at radius 1 is 0.488 bits per heavy atom. The lowest BCUT2D eigenvalue weighted by Gasteiger charge is -2.37. The third kappa shape index (κ3) is 14.5. The predicted molar refractivity (Wildman–Crippen MR) is 308 cm³/mol. The molecule has 0 unspecified atom stereocenters. The highest BCUT2D eigenvalue weighted by atomic mass is 35.5. The smallest absolute Gasteiger partial charge is 0.411 e. The van der Waals surface area contributed by atoms with Crippen LogP contribution in [0.5, 0.6) is 34.5 Å². The highest BCUT2D eigenvalue weighted by Crippen LogP contribution is 2.43. The summed E-state index contributed by atoms with van der Waals surface area (Å²) in [7, 11) is 2.62. The first kappa shape index (κ1) is 59.4. The zero-order valence-electron chi connectivity index (χ0n) is 46.5. The Labute approximate surface area is 496 Å². The Kier molecular flexibility index (Phi) is 18.2. The molecule has 6 aromatic carbocycles. The van der Waals surface area contributed by atoms with E-state index in [-0.39, 0.29) is 38.1 Å². The molecule has 82 heavy (non-hydrogen) atoms. The van der Waals surface area contributed by atoms with Crippen LogP contribution in [0.15, 0.2) is 109 Å². The van der Waals surface area contributed by atoms with E-state index < -0.39 is 47.4 Å². The van der Waals surface area contributed by atoms with Crippen LogP contribution in [0.3, 0.4) is 0 Å². The molecule has 4 aliphatic rings. The van der Waals surface area contributed by atoms with Gasteiger partial charge >= 0.3 is 24.1 Å². The lowest BCUT2D eigenvalue weighted by atomic mass is 9.93. The molecule has 0 spiro atoms. The lowest BCUT2D eigenvalue weighted by Crippen LogP contribution is -2.50. The molecule has 432 valence electrons. The average Bonchev–Trinajstić information content (AvgIpc) is 3.66. The number of fused-ring (bicyclic) bond motifs is 4. The number of amides is 2. The molecule has 2 amide bonds. The fourth-order valence-corrected chi connectivity index (χ4v) is 10.1. The molecule has 20 heteroatoms. The van der Waals surface area contributed by atoms with Crippen LogP contribution in [0.2, 0.25) is 20.1 Å². The van der Waals surface area contributed by atoms with Crippen molar-refractivity contribution in [2.24, 2.45) is 0 Å². The summed E-state index contributed by atoms with van der Waals surface area (Å²) in [4.78, 5) is 53.9. The summed E-state index contributed by atoms with van der Waals surface area (Å²) in [6, 6.07) is 32.0. The van der Waals surface area contributed by atoms with Crippen LogP contribution in [-0.4, -0.2) is 84.6 Å². The molecule has 0 fully saturated rings. The molecular formula is C62H62Cl4N2O14. The van der Waals surface area contributed by atoms with Gasteiger partial charge in [0.2, 0.25) is 0 Å². The SMILES string of the molecule is COC(=O)[C@@H]1Cc2cc3c(cc2CN1C(=O)OC(C)(C)C)O[C@@H](c1ccc(OCc2ccc(Cl)c(Cl)c2)cc1)CO3.COC(=O)[C@@H]1Cc2cc3c(cc2CN1C(=O)OC(C)(C)C)O[C@H](c1ccc(OCc2ccc(Cl)c(Cl)c2)cc1)CO3. The molecule has 0 N–H and O–H groups in total. The van der Waals surface area contributed by atoms with Crippen LogP contribution in [0.4, 0.5) is 9.59 Å². The van der Waals surface area contributed by atoms with Gasteiger partial charge < -0.3 is 47.4 Å². The van der Waals surface area contributed by atoms with Crippen molar-refractivity contribution in [1.29, 1.82) is 0 Å². The van der Waals surface area contributed by atoms with E-state index in [4.69, 9.17) is 93.8 Å². The third-order valence-electron chi connectivity index (χ3n) is 13.6. The summed E-state index contributed by atoms with van der Waals surface area (Å²) in [5.41, 5.74) is 5.76. The molecule has 0 radical (unpaired) electrons. The zero-order valence-corrected chi connectivity index (χ0v) is 49.5. The summed E-state index contributed by atoms with van der Waals surface area (Å²) >= 11 is 24.2. The maximum absolute atomic E-state index is 13.0. The molecule has 16 nitrogen and oxygen atoms in total. The maximum Gasteiger partial charge on any atom is 0.411 e. The molecule has 0 bridgehead atoms. The van der Waals surface area contributed by atoms with Crippen LogP contribution in [-0.2, 0) is 67.7 Å². The van der Waals surface area contributed by atoms with Gasteiger partial charge in [-0.2, -0.15) is 0 Å². The fourth-order valence-electron chi connectivity index (χ4n) is 9.50. The quantitative estimate of drug-likeness (QED) is 0.0938. The molecule has 4 aliphatic heterocycles. The van der Waals surface area contributed by atoms with Gasteiger partial charge in [-0.05, 0) is 159 Å². The van der Waals surface area contributed by atoms with Gasteiger partial charge in [0.15, 0.2) is 35.2 Å². The second kappa shape index (κ2) is 25.1. The van der Waals surface area contributed by atoms with Crippen molar-refractivity contribution in [3.05, 3.63) is 174 Å². The Morgan fingerprint density at radius 3 is 1.20 bits per heavy atom. The number of hydrogen-bond donors (Lipinski definition) is 0. The summed E-state index contributed by atoms with van der Waals surface area (Å²) in [6.07, 6.45) is -1.26. The van der Waals surface area contributed by atoms with E-state index in [1.807, 2.05) is 84.9 Å². The molecule has 4 heterocycles. The van der Waals surface area contributed by atoms with Gasteiger partial charge in [0.25, 0.3) is 0 Å². The van der Waals surface area contributed by atoms with Crippen molar-refractivity contribution in [3.8, 4) is 34.5 Å². The number of ether oxygens (including phenoxy) is 10. The number of carbonyl (C=O) groups excluding carboxylic acids is 4. The number of benzene rings is 6. The Balaban J connectivity index is 0.000000198. The average molecular weight is 1200 g/mol. The van der Waals surface area contributed by atoms with Gasteiger partial charge in [0.1, 0.15) is 61.2 Å². The van der Waals surface area contributed by atoms with Crippen LogP contribution in [0, 0.1) is 0 Å². The van der Waals surface area contributed by atoms with Crippen molar-refractivity contribution >= 4 is 70.5 Å². The second-order valence-electron chi connectivity index (χ2n) is 21.9. The number of esters is 2. The summed E-state index contributed by atoms with van der Waals surface area (Å²) in [6.45, 7) is 12.4. The normalized spacial score (nSPS) is 17.9. The lowest BCUT2D eigenvalue weighted by molar-refractivity contribution is -0.148. The number of hydrogen-bond acceptors (Lipinski definition) is 14. The van der Waals surface area contributed by atoms with Gasteiger partial charge in [0.05, 0.1) is 47.4 Å². The minimum atomic E-state index is -0.796. The van der Waals surface area contributed by atoms with Gasteiger partial charge in [-0.1, -0.05) is 82.8 Å². The van der Waals surface area contributed by atoms with Crippen molar-refractivity contribution in [1.82, 2.24) is 9.80 Å². The molecule has 0 saturated heterocycles. The van der Waals surface area contributed by atoms with E-state index in [0.717, 1.165) is 44.5 Å². The Hall–Kier alpha value is -7.24. The number of halogens is 4. The zero-order chi connectivity index (χ0) is 58.6. The Bertz CT molecular complexity index is 3120. The molecule has 6 aromatic rings. The van der Waals surface area contributed by atoms with Gasteiger partial charge in [-0.25, -0.2) is 19.2 Å². The van der Waals surface area contributed by atoms with E-state index in [0.29, 0.717) is 81.0 Å². The van der Waals surface area contributed by atoms with Crippen molar-refractivity contribution in [2.75, 3.05) is 27.4 Å². The summed E-state index contributed by atoms with van der Waals surface area (Å²) in [5.74, 6) is 2.73. The number of nitrogens with zero attached hydrogens (tertiary/aromatic N) is 2. The predicted octanol–water partition coefficient (Wildman–Crippen LogP) is 13.8. The van der Waals surface area contributed by atoms with Crippen molar-refractivity contribution in [3.63, 3.8) is 0 Å². The first-order chi connectivity index (χ1) is 39.0. The molecule has 0 saturated carbocycles. The van der Waals surface area contributed by atoms with Crippen LogP contribution >= 0.6 is 46.4 Å². The monoisotopic (exact) mass is 1200 g/mol. The van der Waals surface area contributed by atoms with E-state index in [1.54, 1.807) is 65.8 Å². The van der Waals surface area contributed by atoms with E-state index in [9.17, 15) is 19.2 Å². The van der Waals surface area contributed by atoms with Gasteiger partial charge in [-0.15, -0.1) is 0 Å². The van der Waals surface area contributed by atoms with E-state index >= 15 is 0 Å². The van der Waals surface area contributed by atoms with Crippen molar-refractivity contribution < 1.29 is 66.5 Å². The minimum Gasteiger partial charge on any atom is -0.489 e. The molecule has 4 atom stereocenters. The fraction of sp³-hybridized carbons (Fsp3) is 0.355. The first-order valence-electron chi connectivity index (χ1n) is 26.4. The Morgan fingerprint density at radius 2 is 0.854 bits per heavy atom. The van der Waals surface area contributed by atoms with Gasteiger partial charge in [0, 0.05) is 12.8 Å². The summed E-state index contributed by atoms with van der Waals surface area (Å²) < 4.78 is 57.7. The van der Waals surface area contributed by atoms with Crippen LogP contribution in [0.1, 0.15) is 98.3 Å². The number of rotatable bonds is 10. The van der Waals surface area contributed by atoms with Crippen molar-refractivity contribution in [2.45, 2.75) is 116 Å². The molecule has 0 aliphatic carbocycles. The third-order valence-corrected chi connectivity index (χ3v) is 15.1. The second-order valence-corrected chi connectivity index (χ2v) is 23.5.